The van der Waals surface area contributed by atoms with Crippen LogP contribution in [0.3, 0.4) is 0 Å². The summed E-state index contributed by atoms with van der Waals surface area (Å²) in [6.45, 7) is 2.36. The van der Waals surface area contributed by atoms with Crippen molar-refractivity contribution in [1.82, 2.24) is 4.72 Å². The van der Waals surface area contributed by atoms with E-state index in [0.29, 0.717) is 18.1 Å². The second-order valence-corrected chi connectivity index (χ2v) is 7.14. The predicted molar refractivity (Wildman–Crippen MR) is 78.6 cm³/mol. The van der Waals surface area contributed by atoms with E-state index in [9.17, 15) is 8.42 Å². The molecule has 0 spiro atoms. The lowest BCUT2D eigenvalue weighted by molar-refractivity contribution is -0.0248. The molecule has 1 fully saturated rings. The van der Waals surface area contributed by atoms with Crippen LogP contribution in [0.5, 0.6) is 0 Å². The van der Waals surface area contributed by atoms with Gasteiger partial charge in [-0.25, -0.2) is 13.1 Å². The van der Waals surface area contributed by atoms with E-state index in [1.807, 2.05) is 6.92 Å². The molecule has 0 aliphatic heterocycles. The van der Waals surface area contributed by atoms with E-state index in [0.717, 1.165) is 0 Å². The Morgan fingerprint density at radius 3 is 2.75 bits per heavy atom. The van der Waals surface area contributed by atoms with E-state index in [4.69, 9.17) is 33.7 Å². The summed E-state index contributed by atoms with van der Waals surface area (Å²) < 4.78 is 32.6. The molecule has 5 nitrogen and oxygen atoms in total. The minimum Gasteiger partial charge on any atom is -0.377 e. The molecule has 3 unspecified atom stereocenters. The van der Waals surface area contributed by atoms with E-state index >= 15 is 0 Å². The van der Waals surface area contributed by atoms with E-state index in [1.165, 1.54) is 18.2 Å². The normalized spacial score (nSPS) is 26.3. The van der Waals surface area contributed by atoms with Crippen LogP contribution in [0.2, 0.25) is 10.0 Å². The average molecular weight is 339 g/mol. The molecule has 0 bridgehead atoms. The first-order valence-electron chi connectivity index (χ1n) is 6.19. The largest absolute Gasteiger partial charge is 0.377 e. The quantitative estimate of drug-likeness (QED) is 0.857. The van der Waals surface area contributed by atoms with Gasteiger partial charge >= 0.3 is 0 Å². The second-order valence-electron chi connectivity index (χ2n) is 4.62. The summed E-state index contributed by atoms with van der Waals surface area (Å²) in [6.07, 6.45) is 0.423. The Morgan fingerprint density at radius 1 is 1.45 bits per heavy atom. The van der Waals surface area contributed by atoms with Crippen LogP contribution in [-0.2, 0) is 14.8 Å². The average Bonchev–Trinajstić information content (AvgIpc) is 2.39. The molecule has 1 aliphatic rings. The number of halogens is 2. The number of nitrogens with one attached hydrogen (secondary N) is 1. The Kier molecular flexibility index (Phi) is 4.94. The number of nitrogens with two attached hydrogens (primary N) is 1. The fourth-order valence-electron chi connectivity index (χ4n) is 2.12. The highest BCUT2D eigenvalue weighted by molar-refractivity contribution is 7.89. The van der Waals surface area contributed by atoms with Crippen LogP contribution in [0.25, 0.3) is 0 Å². The lowest BCUT2D eigenvalue weighted by Gasteiger charge is -2.42. The van der Waals surface area contributed by atoms with Crippen molar-refractivity contribution in [3.63, 3.8) is 0 Å². The summed E-state index contributed by atoms with van der Waals surface area (Å²) in [5, 5.41) is 0.414. The van der Waals surface area contributed by atoms with Gasteiger partial charge in [0, 0.05) is 17.7 Å². The van der Waals surface area contributed by atoms with Gasteiger partial charge in [0.15, 0.2) is 0 Å². The molecular formula is C12H16Cl2N2O3S. The summed E-state index contributed by atoms with van der Waals surface area (Å²) in [5.41, 5.74) is 5.83. The van der Waals surface area contributed by atoms with Gasteiger partial charge in [0.25, 0.3) is 0 Å². The van der Waals surface area contributed by atoms with Gasteiger partial charge in [0.05, 0.1) is 17.2 Å². The third-order valence-electron chi connectivity index (χ3n) is 3.22. The van der Waals surface area contributed by atoms with Crippen LogP contribution in [0.15, 0.2) is 23.1 Å². The van der Waals surface area contributed by atoms with Gasteiger partial charge in [-0.3, -0.25) is 0 Å². The Bertz CT molecular complexity index is 592. The van der Waals surface area contributed by atoms with Crippen molar-refractivity contribution in [3.05, 3.63) is 28.2 Å². The first-order valence-corrected chi connectivity index (χ1v) is 8.43. The molecule has 2 rings (SSSR count). The molecule has 0 amide bonds. The van der Waals surface area contributed by atoms with Gasteiger partial charge in [-0.1, -0.05) is 23.2 Å². The van der Waals surface area contributed by atoms with E-state index in [1.54, 1.807) is 0 Å². The van der Waals surface area contributed by atoms with Crippen molar-refractivity contribution in [2.45, 2.75) is 36.4 Å². The van der Waals surface area contributed by atoms with Crippen molar-refractivity contribution >= 4 is 33.2 Å². The lowest BCUT2D eigenvalue weighted by Crippen LogP contribution is -2.64. The molecule has 1 aromatic carbocycles. The summed E-state index contributed by atoms with van der Waals surface area (Å²) in [5.74, 6) is 0. The number of sulfonamides is 1. The van der Waals surface area contributed by atoms with Crippen LogP contribution in [-0.4, -0.2) is 33.2 Å². The number of hydrogen-bond donors (Lipinski definition) is 2. The molecule has 3 atom stereocenters. The van der Waals surface area contributed by atoms with Gasteiger partial charge in [-0.15, -0.1) is 0 Å². The highest BCUT2D eigenvalue weighted by Gasteiger charge is 2.42. The standard InChI is InChI=1S/C12H16Cl2N2O3S/c1-2-19-10-6-9(15)12(10)16-20(17,18)11-5-7(13)3-4-8(11)14/h3-5,9-10,12,16H,2,6,15H2,1H3. The van der Waals surface area contributed by atoms with E-state index < -0.39 is 16.1 Å². The highest BCUT2D eigenvalue weighted by Crippen LogP contribution is 2.28. The van der Waals surface area contributed by atoms with Gasteiger partial charge in [0.1, 0.15) is 4.90 Å². The van der Waals surface area contributed by atoms with E-state index in [2.05, 4.69) is 4.72 Å². The van der Waals surface area contributed by atoms with Crippen molar-refractivity contribution in [2.75, 3.05) is 6.61 Å². The molecule has 0 saturated heterocycles. The molecule has 8 heteroatoms. The molecule has 1 saturated carbocycles. The van der Waals surface area contributed by atoms with Gasteiger partial charge in [-0.05, 0) is 31.5 Å². The Hall–Kier alpha value is -0.370. The number of ether oxygens (including phenoxy) is 1. The molecule has 0 aromatic heterocycles. The van der Waals surface area contributed by atoms with Gasteiger partial charge < -0.3 is 10.5 Å². The third kappa shape index (κ3) is 3.27. The van der Waals surface area contributed by atoms with Crippen molar-refractivity contribution in [3.8, 4) is 0 Å². The Balaban J connectivity index is 2.21. The molecule has 1 aromatic rings. The minimum absolute atomic E-state index is 0.0546. The zero-order chi connectivity index (χ0) is 14.9. The Labute approximate surface area is 128 Å². The van der Waals surface area contributed by atoms with Gasteiger partial charge in [0.2, 0.25) is 10.0 Å². The van der Waals surface area contributed by atoms with Crippen LogP contribution >= 0.6 is 23.2 Å². The molecule has 3 N–H and O–H groups in total. The molecule has 20 heavy (non-hydrogen) atoms. The summed E-state index contributed by atoms with van der Waals surface area (Å²) >= 11 is 11.7. The van der Waals surface area contributed by atoms with Crippen molar-refractivity contribution in [1.29, 1.82) is 0 Å². The number of rotatable bonds is 5. The fourth-order valence-corrected chi connectivity index (χ4v) is 4.19. The van der Waals surface area contributed by atoms with Crippen molar-refractivity contribution in [2.24, 2.45) is 5.73 Å². The first-order chi connectivity index (χ1) is 9.35. The monoisotopic (exact) mass is 338 g/mol. The van der Waals surface area contributed by atoms with Crippen LogP contribution < -0.4 is 10.5 Å². The minimum atomic E-state index is -3.78. The van der Waals surface area contributed by atoms with Crippen LogP contribution in [0.1, 0.15) is 13.3 Å². The maximum absolute atomic E-state index is 12.3. The maximum Gasteiger partial charge on any atom is 0.242 e. The first kappa shape index (κ1) is 16.0. The summed E-state index contributed by atoms with van der Waals surface area (Å²) in [7, 11) is -3.78. The topological polar surface area (TPSA) is 81.4 Å². The Morgan fingerprint density at radius 2 is 2.15 bits per heavy atom. The zero-order valence-electron chi connectivity index (χ0n) is 10.8. The molecule has 0 radical (unpaired) electrons. The lowest BCUT2D eigenvalue weighted by atomic mass is 9.84. The second kappa shape index (κ2) is 6.17. The molecular weight excluding hydrogens is 323 g/mol. The SMILES string of the molecule is CCOC1CC(N)C1NS(=O)(=O)c1cc(Cl)ccc1Cl. The highest BCUT2D eigenvalue weighted by atomic mass is 35.5. The third-order valence-corrected chi connectivity index (χ3v) is 5.40. The van der Waals surface area contributed by atoms with Gasteiger partial charge in [-0.2, -0.15) is 0 Å². The van der Waals surface area contributed by atoms with Crippen LogP contribution in [0.4, 0.5) is 0 Å². The van der Waals surface area contributed by atoms with Crippen molar-refractivity contribution < 1.29 is 13.2 Å². The number of benzene rings is 1. The number of hydrogen-bond acceptors (Lipinski definition) is 4. The summed E-state index contributed by atoms with van der Waals surface area (Å²) in [4.78, 5) is -0.0546. The smallest absolute Gasteiger partial charge is 0.242 e. The van der Waals surface area contributed by atoms with Crippen LogP contribution in [0, 0.1) is 0 Å². The van der Waals surface area contributed by atoms with E-state index in [-0.39, 0.29) is 22.1 Å². The maximum atomic E-state index is 12.3. The summed E-state index contributed by atoms with van der Waals surface area (Å²) in [6, 6.07) is 3.57. The molecule has 1 aliphatic carbocycles. The molecule has 0 heterocycles. The zero-order valence-corrected chi connectivity index (χ0v) is 13.2. The molecule has 112 valence electrons. The predicted octanol–water partition coefficient (Wildman–Crippen LogP) is 1.78. The fraction of sp³-hybridized carbons (Fsp3) is 0.500.